The number of amides is 1. The van der Waals surface area contributed by atoms with Gasteiger partial charge < -0.3 is 5.73 Å². The van der Waals surface area contributed by atoms with Crippen molar-refractivity contribution in [2.45, 2.75) is 51.4 Å². The van der Waals surface area contributed by atoms with E-state index in [9.17, 15) is 4.79 Å². The van der Waals surface area contributed by atoms with E-state index in [0.29, 0.717) is 18.3 Å². The molecule has 2 rings (SSSR count). The number of aryl methyl sites for hydroxylation is 1. The SMILES string of the molecule is CCc1ccc(C(CC(N)=O)C2CCCC2)cc1. The quantitative estimate of drug-likeness (QED) is 0.849. The average molecular weight is 245 g/mol. The van der Waals surface area contributed by atoms with Crippen LogP contribution >= 0.6 is 0 Å². The van der Waals surface area contributed by atoms with Crippen molar-refractivity contribution in [3.63, 3.8) is 0 Å². The molecule has 0 bridgehead atoms. The average Bonchev–Trinajstić information content (AvgIpc) is 2.89. The minimum absolute atomic E-state index is 0.175. The highest BCUT2D eigenvalue weighted by Gasteiger charge is 2.27. The molecule has 1 amide bonds. The Morgan fingerprint density at radius 2 is 1.89 bits per heavy atom. The topological polar surface area (TPSA) is 43.1 Å². The number of rotatable bonds is 5. The standard InChI is InChI=1S/C16H23NO/c1-2-12-7-9-14(10-8-12)15(11-16(17)18)13-5-3-4-6-13/h7-10,13,15H,2-6,11H2,1H3,(H2,17,18). The largest absolute Gasteiger partial charge is 0.370 e. The zero-order chi connectivity index (χ0) is 13.0. The maximum Gasteiger partial charge on any atom is 0.218 e. The summed E-state index contributed by atoms with van der Waals surface area (Å²) in [6.07, 6.45) is 6.64. The van der Waals surface area contributed by atoms with Gasteiger partial charge in [0.25, 0.3) is 0 Å². The Kier molecular flexibility index (Phi) is 4.40. The second-order valence-electron chi connectivity index (χ2n) is 5.42. The number of hydrogen-bond donors (Lipinski definition) is 1. The number of hydrogen-bond acceptors (Lipinski definition) is 1. The van der Waals surface area contributed by atoms with Gasteiger partial charge in [-0.15, -0.1) is 0 Å². The summed E-state index contributed by atoms with van der Waals surface area (Å²) in [6, 6.07) is 8.73. The molecule has 0 heterocycles. The molecule has 1 fully saturated rings. The van der Waals surface area contributed by atoms with Crippen LogP contribution in [0.3, 0.4) is 0 Å². The summed E-state index contributed by atoms with van der Waals surface area (Å²) in [5.41, 5.74) is 8.06. The molecule has 0 aromatic heterocycles. The summed E-state index contributed by atoms with van der Waals surface area (Å²) in [7, 11) is 0. The van der Waals surface area contributed by atoms with E-state index in [2.05, 4.69) is 31.2 Å². The van der Waals surface area contributed by atoms with Gasteiger partial charge in [-0.1, -0.05) is 44.0 Å². The van der Waals surface area contributed by atoms with Gasteiger partial charge in [-0.05, 0) is 42.2 Å². The molecule has 0 spiro atoms. The van der Waals surface area contributed by atoms with Crippen molar-refractivity contribution in [2.75, 3.05) is 0 Å². The summed E-state index contributed by atoms with van der Waals surface area (Å²) in [5.74, 6) is 0.798. The molecule has 2 N–H and O–H groups in total. The van der Waals surface area contributed by atoms with E-state index in [1.165, 1.54) is 36.8 Å². The Bertz CT molecular complexity index is 390. The Hall–Kier alpha value is -1.31. The van der Waals surface area contributed by atoms with Crippen molar-refractivity contribution < 1.29 is 4.79 Å². The predicted molar refractivity (Wildman–Crippen MR) is 74.3 cm³/mol. The monoisotopic (exact) mass is 245 g/mol. The van der Waals surface area contributed by atoms with Crippen LogP contribution < -0.4 is 5.73 Å². The van der Waals surface area contributed by atoms with E-state index in [1.807, 2.05) is 0 Å². The fourth-order valence-corrected chi connectivity index (χ4v) is 3.13. The van der Waals surface area contributed by atoms with Gasteiger partial charge in [-0.3, -0.25) is 4.79 Å². The first-order chi connectivity index (χ1) is 8.70. The van der Waals surface area contributed by atoms with Crippen LogP contribution in [0, 0.1) is 5.92 Å². The van der Waals surface area contributed by atoms with Crippen LogP contribution in [0.15, 0.2) is 24.3 Å². The lowest BCUT2D eigenvalue weighted by atomic mass is 9.82. The number of benzene rings is 1. The normalized spacial score (nSPS) is 17.8. The summed E-state index contributed by atoms with van der Waals surface area (Å²) < 4.78 is 0. The van der Waals surface area contributed by atoms with Crippen molar-refractivity contribution in [3.8, 4) is 0 Å². The van der Waals surface area contributed by atoms with Crippen LogP contribution in [0.1, 0.15) is 56.1 Å². The van der Waals surface area contributed by atoms with Crippen molar-refractivity contribution in [1.29, 1.82) is 0 Å². The highest BCUT2D eigenvalue weighted by atomic mass is 16.1. The molecule has 1 saturated carbocycles. The second kappa shape index (κ2) is 6.03. The molecule has 2 heteroatoms. The van der Waals surface area contributed by atoms with Gasteiger partial charge in [0.1, 0.15) is 0 Å². The third-order valence-electron chi connectivity index (χ3n) is 4.21. The number of nitrogens with two attached hydrogens (primary N) is 1. The number of primary amides is 1. The predicted octanol–water partition coefficient (Wildman–Crippen LogP) is 3.40. The molecule has 1 aliphatic rings. The number of carbonyl (C=O) groups is 1. The highest BCUT2D eigenvalue weighted by molar-refractivity contribution is 5.74. The van der Waals surface area contributed by atoms with Crippen molar-refractivity contribution in [1.82, 2.24) is 0 Å². The van der Waals surface area contributed by atoms with Gasteiger partial charge in [-0.25, -0.2) is 0 Å². The maximum absolute atomic E-state index is 11.3. The Morgan fingerprint density at radius 3 is 2.39 bits per heavy atom. The van der Waals surface area contributed by atoms with Crippen molar-refractivity contribution in [3.05, 3.63) is 35.4 Å². The molecular formula is C16H23NO. The summed E-state index contributed by atoms with van der Waals surface area (Å²) in [5, 5.41) is 0. The van der Waals surface area contributed by atoms with Crippen LogP contribution in [0.25, 0.3) is 0 Å². The van der Waals surface area contributed by atoms with Gasteiger partial charge in [0, 0.05) is 6.42 Å². The van der Waals surface area contributed by atoms with Crippen LogP contribution in [0.5, 0.6) is 0 Å². The molecule has 18 heavy (non-hydrogen) atoms. The fourth-order valence-electron chi connectivity index (χ4n) is 3.13. The fraction of sp³-hybridized carbons (Fsp3) is 0.562. The first kappa shape index (κ1) is 13.1. The Morgan fingerprint density at radius 1 is 1.28 bits per heavy atom. The van der Waals surface area contributed by atoms with Crippen LogP contribution in [-0.4, -0.2) is 5.91 Å². The molecular weight excluding hydrogens is 222 g/mol. The van der Waals surface area contributed by atoms with Gasteiger partial charge in [0.15, 0.2) is 0 Å². The molecule has 98 valence electrons. The first-order valence-electron chi connectivity index (χ1n) is 7.08. The number of carbonyl (C=O) groups excluding carboxylic acids is 1. The molecule has 1 aliphatic carbocycles. The van der Waals surface area contributed by atoms with E-state index in [4.69, 9.17) is 5.73 Å². The van der Waals surface area contributed by atoms with Crippen molar-refractivity contribution in [2.24, 2.45) is 11.7 Å². The molecule has 1 atom stereocenters. The van der Waals surface area contributed by atoms with E-state index in [1.54, 1.807) is 0 Å². The molecule has 0 saturated heterocycles. The van der Waals surface area contributed by atoms with Crippen LogP contribution in [0.2, 0.25) is 0 Å². The second-order valence-corrected chi connectivity index (χ2v) is 5.42. The molecule has 1 aromatic rings. The van der Waals surface area contributed by atoms with E-state index < -0.39 is 0 Å². The van der Waals surface area contributed by atoms with E-state index in [0.717, 1.165) is 6.42 Å². The Labute approximate surface area is 110 Å². The third kappa shape index (κ3) is 3.12. The van der Waals surface area contributed by atoms with Crippen molar-refractivity contribution >= 4 is 5.91 Å². The van der Waals surface area contributed by atoms with Crippen LogP contribution in [-0.2, 0) is 11.2 Å². The summed E-state index contributed by atoms with van der Waals surface area (Å²) >= 11 is 0. The summed E-state index contributed by atoms with van der Waals surface area (Å²) in [4.78, 5) is 11.3. The van der Waals surface area contributed by atoms with Crippen LogP contribution in [0.4, 0.5) is 0 Å². The lowest BCUT2D eigenvalue weighted by molar-refractivity contribution is -0.118. The maximum atomic E-state index is 11.3. The Balaban J connectivity index is 2.17. The van der Waals surface area contributed by atoms with Gasteiger partial charge >= 0.3 is 0 Å². The molecule has 2 nitrogen and oxygen atoms in total. The van der Waals surface area contributed by atoms with Gasteiger partial charge in [0.05, 0.1) is 0 Å². The minimum atomic E-state index is -0.175. The minimum Gasteiger partial charge on any atom is -0.370 e. The lowest BCUT2D eigenvalue weighted by Gasteiger charge is -2.23. The smallest absolute Gasteiger partial charge is 0.218 e. The third-order valence-corrected chi connectivity index (χ3v) is 4.21. The lowest BCUT2D eigenvalue weighted by Crippen LogP contribution is -2.20. The zero-order valence-corrected chi connectivity index (χ0v) is 11.2. The molecule has 1 aromatic carbocycles. The van der Waals surface area contributed by atoms with Gasteiger partial charge in [0.2, 0.25) is 5.91 Å². The van der Waals surface area contributed by atoms with E-state index in [-0.39, 0.29) is 5.91 Å². The summed E-state index contributed by atoms with van der Waals surface area (Å²) in [6.45, 7) is 2.16. The first-order valence-corrected chi connectivity index (χ1v) is 7.08. The van der Waals surface area contributed by atoms with Gasteiger partial charge in [-0.2, -0.15) is 0 Å². The zero-order valence-electron chi connectivity index (χ0n) is 11.2. The highest BCUT2D eigenvalue weighted by Crippen LogP contribution is 2.39. The molecule has 0 radical (unpaired) electrons. The molecule has 1 unspecified atom stereocenters. The molecule has 0 aliphatic heterocycles. The van der Waals surface area contributed by atoms with E-state index >= 15 is 0 Å².